The summed E-state index contributed by atoms with van der Waals surface area (Å²) in [6, 6.07) is 8.89. The van der Waals surface area contributed by atoms with E-state index < -0.39 is 38.7 Å². The van der Waals surface area contributed by atoms with Crippen molar-refractivity contribution in [2.75, 3.05) is 15.8 Å². The van der Waals surface area contributed by atoms with Gasteiger partial charge in [0.1, 0.15) is 29.9 Å². The third-order valence-electron chi connectivity index (χ3n) is 5.59. The van der Waals surface area contributed by atoms with Crippen LogP contribution in [0.1, 0.15) is 29.3 Å². The van der Waals surface area contributed by atoms with Gasteiger partial charge >= 0.3 is 0 Å². The number of H-pyrrole nitrogens is 2. The zero-order valence-corrected chi connectivity index (χ0v) is 20.6. The van der Waals surface area contributed by atoms with Crippen LogP contribution in [0, 0.1) is 11.6 Å². The number of nitrogens with zero attached hydrogens (tertiary/aromatic N) is 4. The Morgan fingerprint density at radius 3 is 2.71 bits per heavy atom. The highest BCUT2D eigenvalue weighted by molar-refractivity contribution is 7.92. The molecule has 0 fully saturated rings. The number of aromatic nitrogens is 6. The highest BCUT2D eigenvalue weighted by atomic mass is 32.2. The van der Waals surface area contributed by atoms with Crippen molar-refractivity contribution in [2.24, 2.45) is 0 Å². The molecule has 11 nitrogen and oxygen atoms in total. The molecule has 0 saturated heterocycles. The number of rotatable bonds is 9. The monoisotopic (exact) mass is 538 g/mol. The summed E-state index contributed by atoms with van der Waals surface area (Å²) in [5, 5.41) is 11.0. The summed E-state index contributed by atoms with van der Waals surface area (Å²) in [6.07, 6.45) is 4.27. The molecule has 0 aliphatic heterocycles. The lowest BCUT2D eigenvalue weighted by atomic mass is 10.0. The van der Waals surface area contributed by atoms with Crippen molar-refractivity contribution in [3.63, 3.8) is 0 Å². The van der Waals surface area contributed by atoms with Crippen LogP contribution in [0.4, 0.5) is 26.0 Å². The number of hydrogen-bond acceptors (Lipinski definition) is 8. The summed E-state index contributed by atoms with van der Waals surface area (Å²) in [6.45, 7) is 1.64. The molecule has 4 N–H and O–H groups in total. The van der Waals surface area contributed by atoms with Gasteiger partial charge in [0, 0.05) is 17.4 Å². The van der Waals surface area contributed by atoms with E-state index in [4.69, 9.17) is 0 Å². The number of halogens is 2. The van der Waals surface area contributed by atoms with E-state index in [2.05, 4.69) is 40.2 Å². The first-order valence-electron chi connectivity index (χ1n) is 11.4. The van der Waals surface area contributed by atoms with Gasteiger partial charge in [-0.3, -0.25) is 9.52 Å². The van der Waals surface area contributed by atoms with Crippen molar-refractivity contribution in [3.05, 3.63) is 78.0 Å². The standard InChI is InChI=1S/C24H20F2N8O3S/c1-2-8-38(36,37)34-17-7-6-16(25)19(20(17)26)21(35)15-10-27-23-18(15)24(29-11-28-23)32-14-5-3-4-13(9-14)22-30-12-31-33-22/h3-7,9-12,34H,2,8H2,1H3,(H,30,31,33)(H2,27,28,29,32). The fourth-order valence-corrected chi connectivity index (χ4v) is 5.06. The third kappa shape index (κ3) is 4.80. The molecule has 5 aromatic rings. The molecule has 0 atom stereocenters. The average molecular weight is 539 g/mol. The first-order valence-corrected chi connectivity index (χ1v) is 13.0. The number of aromatic amines is 2. The Bertz CT molecular complexity index is 1750. The summed E-state index contributed by atoms with van der Waals surface area (Å²) in [5.74, 6) is -3.01. The second kappa shape index (κ2) is 9.97. The number of sulfonamides is 1. The van der Waals surface area contributed by atoms with Gasteiger partial charge in [0.25, 0.3) is 0 Å². The van der Waals surface area contributed by atoms with Crippen LogP contribution in [-0.2, 0) is 10.0 Å². The Morgan fingerprint density at radius 2 is 1.95 bits per heavy atom. The predicted molar refractivity (Wildman–Crippen MR) is 136 cm³/mol. The topological polar surface area (TPSA) is 158 Å². The fraction of sp³-hybridized carbons (Fsp3) is 0.125. The normalized spacial score (nSPS) is 11.6. The largest absolute Gasteiger partial charge is 0.345 e. The molecule has 3 heterocycles. The van der Waals surface area contributed by atoms with E-state index in [1.54, 1.807) is 25.1 Å². The van der Waals surface area contributed by atoms with Crippen LogP contribution < -0.4 is 10.0 Å². The molecule has 0 spiro atoms. The molecule has 3 aromatic heterocycles. The summed E-state index contributed by atoms with van der Waals surface area (Å²) < 4.78 is 56.4. The Balaban J connectivity index is 1.54. The van der Waals surface area contributed by atoms with Gasteiger partial charge in [-0.05, 0) is 30.7 Å². The molecule has 38 heavy (non-hydrogen) atoms. The first-order chi connectivity index (χ1) is 18.3. The maximum atomic E-state index is 15.3. The van der Waals surface area contributed by atoms with E-state index >= 15 is 4.39 Å². The van der Waals surface area contributed by atoms with Crippen molar-refractivity contribution >= 4 is 44.0 Å². The molecule has 2 aromatic carbocycles. The maximum absolute atomic E-state index is 15.3. The number of carbonyl (C=O) groups excluding carboxylic acids is 1. The zero-order chi connectivity index (χ0) is 26.9. The summed E-state index contributed by atoms with van der Waals surface area (Å²) in [5.41, 5.74) is 0.0168. The van der Waals surface area contributed by atoms with E-state index in [1.807, 2.05) is 6.07 Å². The van der Waals surface area contributed by atoms with Crippen molar-refractivity contribution in [1.82, 2.24) is 30.1 Å². The third-order valence-corrected chi connectivity index (χ3v) is 7.06. The number of ketones is 1. The Kier molecular flexibility index (Phi) is 6.55. The van der Waals surface area contributed by atoms with E-state index in [0.717, 1.165) is 17.7 Å². The predicted octanol–water partition coefficient (Wildman–Crippen LogP) is 4.15. The van der Waals surface area contributed by atoms with Gasteiger partial charge in [0.05, 0.1) is 28.0 Å². The van der Waals surface area contributed by atoms with Gasteiger partial charge < -0.3 is 15.3 Å². The van der Waals surface area contributed by atoms with Crippen molar-refractivity contribution < 1.29 is 22.0 Å². The Labute approximate surface area is 214 Å². The Morgan fingerprint density at radius 1 is 1.11 bits per heavy atom. The maximum Gasteiger partial charge on any atom is 0.232 e. The molecule has 0 unspecified atom stereocenters. The molecule has 0 saturated carbocycles. The van der Waals surface area contributed by atoms with Gasteiger partial charge in [0.2, 0.25) is 15.8 Å². The second-order valence-corrected chi connectivity index (χ2v) is 10.1. The second-order valence-electron chi connectivity index (χ2n) is 8.23. The molecule has 194 valence electrons. The van der Waals surface area contributed by atoms with Gasteiger partial charge in [-0.25, -0.2) is 27.2 Å². The average Bonchev–Trinajstić information content (AvgIpc) is 3.57. The van der Waals surface area contributed by atoms with Gasteiger partial charge in [-0.1, -0.05) is 19.1 Å². The molecule has 0 amide bonds. The highest BCUT2D eigenvalue weighted by Crippen LogP contribution is 2.31. The zero-order valence-electron chi connectivity index (χ0n) is 19.8. The van der Waals surface area contributed by atoms with Crippen LogP contribution in [0.3, 0.4) is 0 Å². The molecule has 0 aliphatic rings. The first kappa shape index (κ1) is 25.0. The van der Waals surface area contributed by atoms with Gasteiger partial charge in [-0.15, -0.1) is 10.2 Å². The number of hydrogen-bond donors (Lipinski definition) is 4. The summed E-state index contributed by atoms with van der Waals surface area (Å²) in [7, 11) is -3.88. The van der Waals surface area contributed by atoms with Crippen LogP contribution in [0.2, 0.25) is 0 Å². The fourth-order valence-electron chi connectivity index (χ4n) is 3.93. The number of anilines is 3. The van der Waals surface area contributed by atoms with Crippen LogP contribution in [-0.4, -0.2) is 50.1 Å². The number of fused-ring (bicyclic) bond motifs is 1. The minimum atomic E-state index is -3.88. The number of nitrogens with one attached hydrogen (secondary N) is 4. The number of carbonyl (C=O) groups is 1. The minimum absolute atomic E-state index is 0.110. The lowest BCUT2D eigenvalue weighted by Crippen LogP contribution is -2.18. The minimum Gasteiger partial charge on any atom is -0.345 e. The van der Waals surface area contributed by atoms with Crippen LogP contribution >= 0.6 is 0 Å². The molecule has 0 bridgehead atoms. The summed E-state index contributed by atoms with van der Waals surface area (Å²) >= 11 is 0. The molecule has 0 aliphatic carbocycles. The Hall–Kier alpha value is -4.72. The quantitative estimate of drug-likeness (QED) is 0.204. The van der Waals surface area contributed by atoms with E-state index in [0.29, 0.717) is 11.5 Å². The van der Waals surface area contributed by atoms with E-state index in [-0.39, 0.29) is 34.6 Å². The van der Waals surface area contributed by atoms with Gasteiger partial charge in [0.15, 0.2) is 11.6 Å². The molecule has 14 heteroatoms. The lowest BCUT2D eigenvalue weighted by molar-refractivity contribution is 0.103. The SMILES string of the molecule is CCCS(=O)(=O)Nc1ccc(F)c(C(=O)c2c[nH]c3ncnc(Nc4cccc(-c5nnc[nH]5)c4)c23)c1F. The van der Waals surface area contributed by atoms with Crippen LogP contribution in [0.5, 0.6) is 0 Å². The molecule has 5 rings (SSSR count). The number of benzene rings is 2. The van der Waals surface area contributed by atoms with Crippen molar-refractivity contribution in [3.8, 4) is 11.4 Å². The molecular formula is C24H20F2N8O3S. The van der Waals surface area contributed by atoms with E-state index in [1.165, 1.54) is 18.9 Å². The van der Waals surface area contributed by atoms with Crippen LogP contribution in [0.15, 0.2) is 55.2 Å². The lowest BCUT2D eigenvalue weighted by Gasteiger charge is -2.12. The van der Waals surface area contributed by atoms with Crippen molar-refractivity contribution in [1.29, 1.82) is 0 Å². The van der Waals surface area contributed by atoms with E-state index in [9.17, 15) is 17.6 Å². The van der Waals surface area contributed by atoms with Gasteiger partial charge in [-0.2, -0.15) is 0 Å². The molecular weight excluding hydrogens is 518 g/mol. The van der Waals surface area contributed by atoms with Crippen LogP contribution in [0.25, 0.3) is 22.4 Å². The summed E-state index contributed by atoms with van der Waals surface area (Å²) in [4.78, 5) is 27.5. The highest BCUT2D eigenvalue weighted by Gasteiger charge is 2.27. The smallest absolute Gasteiger partial charge is 0.232 e. The van der Waals surface area contributed by atoms with Crippen molar-refractivity contribution in [2.45, 2.75) is 13.3 Å². The molecule has 0 radical (unpaired) electrons.